The van der Waals surface area contributed by atoms with Gasteiger partial charge in [0.15, 0.2) is 0 Å². The minimum atomic E-state index is 0.0806. The number of nitrogens with zero attached hydrogens (tertiary/aromatic N) is 1. The van der Waals surface area contributed by atoms with Gasteiger partial charge in [-0.05, 0) is 31.6 Å². The summed E-state index contributed by atoms with van der Waals surface area (Å²) in [5.41, 5.74) is 8.79. The van der Waals surface area contributed by atoms with E-state index in [1.165, 1.54) is 11.1 Å². The number of aryl methyl sites for hydroxylation is 1. The van der Waals surface area contributed by atoms with Crippen molar-refractivity contribution >= 4 is 0 Å². The Hall–Kier alpha value is -0.900. The summed E-state index contributed by atoms with van der Waals surface area (Å²) in [7, 11) is 4.24. The molecule has 100 valence electrons. The highest BCUT2D eigenvalue weighted by molar-refractivity contribution is 5.27. The molecule has 1 heterocycles. The zero-order valence-electron chi connectivity index (χ0n) is 11.6. The zero-order valence-corrected chi connectivity index (χ0v) is 11.6. The van der Waals surface area contributed by atoms with Gasteiger partial charge in [0, 0.05) is 18.0 Å². The number of benzene rings is 1. The second-order valence-electron chi connectivity index (χ2n) is 5.52. The number of hydrogen-bond donors (Lipinski definition) is 1. The smallest absolute Gasteiger partial charge is 0.0575 e. The molecule has 1 aromatic rings. The molecule has 1 aliphatic heterocycles. The average molecular weight is 248 g/mol. The van der Waals surface area contributed by atoms with Crippen LogP contribution in [0.3, 0.4) is 0 Å². The molecule has 0 spiro atoms. The van der Waals surface area contributed by atoms with Gasteiger partial charge in [0.1, 0.15) is 0 Å². The van der Waals surface area contributed by atoms with Gasteiger partial charge in [-0.1, -0.05) is 31.2 Å². The molecular formula is C15H24N2O. The maximum absolute atomic E-state index is 5.99. The van der Waals surface area contributed by atoms with E-state index in [2.05, 4.69) is 50.2 Å². The van der Waals surface area contributed by atoms with Crippen LogP contribution in [0, 0.1) is 5.41 Å². The van der Waals surface area contributed by atoms with E-state index in [1.54, 1.807) is 0 Å². The van der Waals surface area contributed by atoms with Gasteiger partial charge in [0.2, 0.25) is 0 Å². The van der Waals surface area contributed by atoms with Gasteiger partial charge in [-0.2, -0.15) is 0 Å². The summed E-state index contributed by atoms with van der Waals surface area (Å²) >= 11 is 0. The number of ether oxygens (including phenoxy) is 1. The van der Waals surface area contributed by atoms with Gasteiger partial charge in [-0.3, -0.25) is 0 Å². The van der Waals surface area contributed by atoms with E-state index in [4.69, 9.17) is 10.5 Å². The van der Waals surface area contributed by atoms with Crippen LogP contribution in [0.1, 0.15) is 24.1 Å². The second-order valence-corrected chi connectivity index (χ2v) is 5.52. The van der Waals surface area contributed by atoms with Crippen LogP contribution in [0.25, 0.3) is 0 Å². The quantitative estimate of drug-likeness (QED) is 0.864. The average Bonchev–Trinajstić information content (AvgIpc) is 2.33. The largest absolute Gasteiger partial charge is 0.380 e. The predicted octanol–water partition coefficient (Wildman–Crippen LogP) is 1.83. The molecule has 0 bridgehead atoms. The Balaban J connectivity index is 2.29. The van der Waals surface area contributed by atoms with Crippen LogP contribution in [0.5, 0.6) is 0 Å². The van der Waals surface area contributed by atoms with Crippen LogP contribution >= 0.6 is 0 Å². The summed E-state index contributed by atoms with van der Waals surface area (Å²) in [4.78, 5) is 2.26. The lowest BCUT2D eigenvalue weighted by Crippen LogP contribution is -2.55. The lowest BCUT2D eigenvalue weighted by molar-refractivity contribution is -0.145. The molecule has 18 heavy (non-hydrogen) atoms. The fraction of sp³-hybridized carbons (Fsp3) is 0.600. The van der Waals surface area contributed by atoms with Gasteiger partial charge < -0.3 is 15.4 Å². The lowest BCUT2D eigenvalue weighted by Gasteiger charge is -2.49. The molecule has 1 unspecified atom stereocenters. The van der Waals surface area contributed by atoms with E-state index in [0.717, 1.165) is 19.6 Å². The first-order valence-electron chi connectivity index (χ1n) is 6.66. The molecule has 0 aliphatic carbocycles. The van der Waals surface area contributed by atoms with Gasteiger partial charge in [-0.15, -0.1) is 0 Å². The summed E-state index contributed by atoms with van der Waals surface area (Å²) in [5.74, 6) is 0. The number of rotatable bonds is 5. The van der Waals surface area contributed by atoms with Crippen molar-refractivity contribution in [1.82, 2.24) is 4.90 Å². The number of nitrogens with two attached hydrogens (primary N) is 1. The molecule has 3 nitrogen and oxygen atoms in total. The molecule has 1 aliphatic rings. The third-order valence-corrected chi connectivity index (χ3v) is 3.99. The highest BCUT2D eigenvalue weighted by atomic mass is 16.5. The summed E-state index contributed by atoms with van der Waals surface area (Å²) in [6.07, 6.45) is 1.08. The maximum Gasteiger partial charge on any atom is 0.0575 e. The molecule has 0 aromatic heterocycles. The van der Waals surface area contributed by atoms with E-state index in [-0.39, 0.29) is 5.41 Å². The van der Waals surface area contributed by atoms with Gasteiger partial charge in [-0.25, -0.2) is 0 Å². The van der Waals surface area contributed by atoms with Crippen molar-refractivity contribution in [1.29, 1.82) is 0 Å². The van der Waals surface area contributed by atoms with Gasteiger partial charge in [0.25, 0.3) is 0 Å². The minimum Gasteiger partial charge on any atom is -0.380 e. The summed E-state index contributed by atoms with van der Waals surface area (Å²) in [6.45, 7) is 4.38. The van der Waals surface area contributed by atoms with Crippen LogP contribution in [0.2, 0.25) is 0 Å². The van der Waals surface area contributed by atoms with Crippen molar-refractivity contribution in [2.24, 2.45) is 11.1 Å². The normalized spacial score (nSPS) is 19.6. The third-order valence-electron chi connectivity index (χ3n) is 3.99. The Bertz CT molecular complexity index is 376. The molecule has 2 N–H and O–H groups in total. The molecule has 1 fully saturated rings. The summed E-state index contributed by atoms with van der Waals surface area (Å²) < 4.78 is 5.42. The maximum atomic E-state index is 5.99. The standard InChI is InChI=1S/C15H24N2O/c1-4-12-5-7-13(8-6-12)14(17(2)3)15(9-16)10-18-11-15/h5-8,14H,4,9-11,16H2,1-3H3. The van der Waals surface area contributed by atoms with Crippen LogP contribution in [0.15, 0.2) is 24.3 Å². The monoisotopic (exact) mass is 248 g/mol. The van der Waals surface area contributed by atoms with Crippen molar-refractivity contribution < 1.29 is 4.74 Å². The lowest BCUT2D eigenvalue weighted by atomic mass is 9.74. The first-order chi connectivity index (χ1) is 8.63. The van der Waals surface area contributed by atoms with Crippen molar-refractivity contribution in [2.45, 2.75) is 19.4 Å². The summed E-state index contributed by atoms with van der Waals surface area (Å²) in [5, 5.41) is 0. The SMILES string of the molecule is CCc1ccc(C(N(C)C)C2(CN)COC2)cc1. The molecular weight excluding hydrogens is 224 g/mol. The Morgan fingerprint density at radius 2 is 1.89 bits per heavy atom. The predicted molar refractivity (Wildman–Crippen MR) is 74.6 cm³/mol. The first-order valence-corrected chi connectivity index (χ1v) is 6.66. The highest BCUT2D eigenvalue weighted by Gasteiger charge is 2.46. The Morgan fingerprint density at radius 3 is 2.22 bits per heavy atom. The molecule has 1 saturated heterocycles. The Labute approximate surface area is 110 Å². The van der Waals surface area contributed by atoms with Crippen LogP contribution in [-0.2, 0) is 11.2 Å². The van der Waals surface area contributed by atoms with Crippen molar-refractivity contribution in [2.75, 3.05) is 33.9 Å². The zero-order chi connectivity index (χ0) is 13.2. The molecule has 0 amide bonds. The fourth-order valence-corrected chi connectivity index (χ4v) is 2.89. The van der Waals surface area contributed by atoms with E-state index >= 15 is 0 Å². The molecule has 0 radical (unpaired) electrons. The molecule has 3 heteroatoms. The Kier molecular flexibility index (Phi) is 4.05. The first kappa shape index (κ1) is 13.5. The highest BCUT2D eigenvalue weighted by Crippen LogP contribution is 2.42. The summed E-state index contributed by atoms with van der Waals surface area (Å²) in [6, 6.07) is 9.24. The molecule has 1 atom stereocenters. The van der Waals surface area contributed by atoms with E-state index in [0.29, 0.717) is 12.6 Å². The van der Waals surface area contributed by atoms with Crippen LogP contribution < -0.4 is 5.73 Å². The van der Waals surface area contributed by atoms with E-state index in [9.17, 15) is 0 Å². The Morgan fingerprint density at radius 1 is 1.28 bits per heavy atom. The molecule has 2 rings (SSSR count). The second kappa shape index (κ2) is 5.39. The van der Waals surface area contributed by atoms with Crippen molar-refractivity contribution in [3.63, 3.8) is 0 Å². The minimum absolute atomic E-state index is 0.0806. The van der Waals surface area contributed by atoms with E-state index in [1.807, 2.05) is 0 Å². The van der Waals surface area contributed by atoms with Crippen molar-refractivity contribution in [3.05, 3.63) is 35.4 Å². The third kappa shape index (κ3) is 2.30. The van der Waals surface area contributed by atoms with Crippen molar-refractivity contribution in [3.8, 4) is 0 Å². The van der Waals surface area contributed by atoms with E-state index < -0.39 is 0 Å². The van der Waals surface area contributed by atoms with Gasteiger partial charge in [0.05, 0.1) is 13.2 Å². The topological polar surface area (TPSA) is 38.5 Å². The fourth-order valence-electron chi connectivity index (χ4n) is 2.89. The van der Waals surface area contributed by atoms with Crippen LogP contribution in [-0.4, -0.2) is 38.8 Å². The van der Waals surface area contributed by atoms with Crippen LogP contribution in [0.4, 0.5) is 0 Å². The molecule has 1 aromatic carbocycles. The van der Waals surface area contributed by atoms with Gasteiger partial charge >= 0.3 is 0 Å². The number of hydrogen-bond acceptors (Lipinski definition) is 3. The molecule has 0 saturated carbocycles.